The van der Waals surface area contributed by atoms with Gasteiger partial charge >= 0.3 is 0 Å². The number of methoxy groups -OCH3 is 2. The molecule has 0 saturated heterocycles. The number of anilines is 1. The van der Waals surface area contributed by atoms with E-state index in [1.54, 1.807) is 70.5 Å². The molecule has 276 valence electrons. The van der Waals surface area contributed by atoms with Crippen LogP contribution in [0, 0.1) is 12.8 Å². The summed E-state index contributed by atoms with van der Waals surface area (Å²) in [6, 6.07) is 36.5. The molecule has 1 heterocycles. The fourth-order valence-electron chi connectivity index (χ4n) is 7.58. The van der Waals surface area contributed by atoms with Crippen molar-refractivity contribution in [2.24, 2.45) is 5.92 Å². The molecule has 9 heteroatoms. The summed E-state index contributed by atoms with van der Waals surface area (Å²) in [6.45, 7) is 3.53. The van der Waals surface area contributed by atoms with Crippen molar-refractivity contribution in [1.29, 1.82) is 0 Å². The van der Waals surface area contributed by atoms with Gasteiger partial charge in [-0.3, -0.25) is 9.71 Å². The second kappa shape index (κ2) is 15.8. The van der Waals surface area contributed by atoms with E-state index in [0.29, 0.717) is 17.0 Å². The van der Waals surface area contributed by atoms with Crippen molar-refractivity contribution in [2.45, 2.75) is 50.2 Å². The molecule has 2 unspecified atom stereocenters. The number of nitrogens with one attached hydrogen (secondary N) is 1. The van der Waals surface area contributed by atoms with Crippen molar-refractivity contribution in [3.63, 3.8) is 0 Å². The van der Waals surface area contributed by atoms with Crippen LogP contribution in [0.3, 0.4) is 0 Å². The Labute approximate surface area is 316 Å². The van der Waals surface area contributed by atoms with Crippen LogP contribution in [-0.2, 0) is 22.9 Å². The first-order valence-electron chi connectivity index (χ1n) is 18.1. The van der Waals surface area contributed by atoms with Crippen LogP contribution < -0.4 is 18.9 Å². The average Bonchev–Trinajstić information content (AvgIpc) is 3.19. The van der Waals surface area contributed by atoms with E-state index in [1.165, 1.54) is 32.7 Å². The van der Waals surface area contributed by atoms with E-state index in [-0.39, 0.29) is 10.8 Å². The highest BCUT2D eigenvalue weighted by atomic mass is 32.2. The molecular formula is C45H44N2O6S. The Morgan fingerprint density at radius 1 is 0.796 bits per heavy atom. The van der Waals surface area contributed by atoms with Gasteiger partial charge in [0.2, 0.25) is 0 Å². The summed E-state index contributed by atoms with van der Waals surface area (Å²) in [4.78, 5) is 4.25. The number of aliphatic hydroxyl groups excluding tert-OH is 1. The molecule has 2 N–H and O–H groups in total. The van der Waals surface area contributed by atoms with E-state index >= 15 is 0 Å². The van der Waals surface area contributed by atoms with Crippen molar-refractivity contribution >= 4 is 48.0 Å². The highest BCUT2D eigenvalue weighted by Crippen LogP contribution is 2.43. The van der Waals surface area contributed by atoms with Crippen LogP contribution in [0.25, 0.3) is 32.3 Å². The first kappa shape index (κ1) is 36.7. The zero-order chi connectivity index (χ0) is 37.8. The lowest BCUT2D eigenvalue weighted by Gasteiger charge is -2.34. The van der Waals surface area contributed by atoms with Gasteiger partial charge in [0.25, 0.3) is 10.0 Å². The highest BCUT2D eigenvalue weighted by molar-refractivity contribution is 7.92. The molecule has 1 aliphatic carbocycles. The molecule has 1 aromatic heterocycles. The van der Waals surface area contributed by atoms with E-state index in [0.717, 1.165) is 41.5 Å². The standard InChI is InChI=1S/C36H37NO6S.C9H7N/c1-22-8-5-6-11-34(22)44(39,40)37-26-14-16-27(17-15-26)43-36(23(2)38)25-13-18-28-24(20-25)12-19-29-30-9-7-10-32(41-3)35(30)33(42-4)21-31(28)29;1-2-4-9-7-10-6-5-8(9)3-1/h5-12,14-17,19,21,23,25,36-38H,13,18,20H2,1-4H3;1-7H/t23?,25-,36?;/m0./s1. The minimum absolute atomic E-state index is 0.0987. The van der Waals surface area contributed by atoms with Gasteiger partial charge in [-0.2, -0.15) is 0 Å². The van der Waals surface area contributed by atoms with Gasteiger partial charge in [0, 0.05) is 24.0 Å². The van der Waals surface area contributed by atoms with Crippen LogP contribution in [0.5, 0.6) is 17.2 Å². The van der Waals surface area contributed by atoms with E-state index in [2.05, 4.69) is 46.1 Å². The quantitative estimate of drug-likeness (QED) is 0.142. The third-order valence-electron chi connectivity index (χ3n) is 10.2. The van der Waals surface area contributed by atoms with Crippen LogP contribution in [0.2, 0.25) is 0 Å². The minimum atomic E-state index is -3.72. The second-order valence-electron chi connectivity index (χ2n) is 13.7. The van der Waals surface area contributed by atoms with Crippen molar-refractivity contribution < 1.29 is 27.7 Å². The smallest absolute Gasteiger partial charge is 0.262 e. The molecule has 0 spiro atoms. The third-order valence-corrected chi connectivity index (χ3v) is 11.8. The van der Waals surface area contributed by atoms with E-state index in [4.69, 9.17) is 14.2 Å². The maximum atomic E-state index is 12.9. The maximum absolute atomic E-state index is 12.9. The van der Waals surface area contributed by atoms with Crippen molar-refractivity contribution in [1.82, 2.24) is 4.98 Å². The largest absolute Gasteiger partial charge is 0.496 e. The van der Waals surface area contributed by atoms with Crippen LogP contribution in [-0.4, -0.2) is 44.9 Å². The van der Waals surface area contributed by atoms with E-state index < -0.39 is 22.2 Å². The lowest BCUT2D eigenvalue weighted by atomic mass is 9.77. The minimum Gasteiger partial charge on any atom is -0.496 e. The molecular weight excluding hydrogens is 697 g/mol. The number of benzene rings is 6. The number of aliphatic hydroxyl groups is 1. The number of ether oxygens (including phenoxy) is 3. The molecule has 0 saturated carbocycles. The number of hydrogen-bond donors (Lipinski definition) is 2. The van der Waals surface area contributed by atoms with Gasteiger partial charge in [-0.05, 0) is 125 Å². The maximum Gasteiger partial charge on any atom is 0.262 e. The summed E-state index contributed by atoms with van der Waals surface area (Å²) < 4.78 is 46.3. The van der Waals surface area contributed by atoms with Gasteiger partial charge in [-0.1, -0.05) is 66.7 Å². The topological polar surface area (TPSA) is 107 Å². The molecule has 8 rings (SSSR count). The molecule has 54 heavy (non-hydrogen) atoms. The number of nitrogens with zero attached hydrogens (tertiary/aromatic N) is 1. The van der Waals surface area contributed by atoms with Gasteiger partial charge in [0.1, 0.15) is 23.4 Å². The van der Waals surface area contributed by atoms with Crippen LogP contribution in [0.15, 0.2) is 133 Å². The normalized spacial score (nSPS) is 15.1. The summed E-state index contributed by atoms with van der Waals surface area (Å²) in [5, 5.41) is 17.6. The monoisotopic (exact) mass is 740 g/mol. The Balaban J connectivity index is 0.000000386. The highest BCUT2D eigenvalue weighted by Gasteiger charge is 2.32. The predicted octanol–water partition coefficient (Wildman–Crippen LogP) is 9.29. The Bertz CT molecular complexity index is 2470. The van der Waals surface area contributed by atoms with Crippen molar-refractivity contribution in [3.8, 4) is 17.2 Å². The molecule has 0 bridgehead atoms. The summed E-state index contributed by atoms with van der Waals surface area (Å²) in [5.74, 6) is 2.24. The number of rotatable bonds is 9. The molecule has 0 fully saturated rings. The molecule has 0 radical (unpaired) electrons. The number of aryl methyl sites for hydroxylation is 2. The lowest BCUT2D eigenvalue weighted by molar-refractivity contribution is 0.00657. The van der Waals surface area contributed by atoms with Gasteiger partial charge in [-0.15, -0.1) is 0 Å². The summed E-state index contributed by atoms with van der Waals surface area (Å²) in [6.07, 6.45) is 5.03. The predicted molar refractivity (Wildman–Crippen MR) is 216 cm³/mol. The average molecular weight is 741 g/mol. The first-order valence-corrected chi connectivity index (χ1v) is 19.6. The number of hydrogen-bond acceptors (Lipinski definition) is 7. The Morgan fingerprint density at radius 2 is 1.54 bits per heavy atom. The van der Waals surface area contributed by atoms with Gasteiger partial charge in [0.15, 0.2) is 0 Å². The van der Waals surface area contributed by atoms with Gasteiger partial charge in [-0.25, -0.2) is 8.42 Å². The fourth-order valence-corrected chi connectivity index (χ4v) is 8.88. The SMILES string of the molecule is COc1cccc2c1c(OC)cc1c3c(ccc12)C[C@@H](C(Oc1ccc(NS(=O)(=O)c2ccccc2C)cc1)C(C)O)CC3.c1ccc2cnccc2c1. The molecule has 7 aromatic rings. The molecule has 6 aromatic carbocycles. The zero-order valence-electron chi connectivity index (χ0n) is 30.8. The molecule has 1 aliphatic rings. The number of pyridine rings is 1. The summed E-state index contributed by atoms with van der Waals surface area (Å²) in [5.41, 5.74) is 3.66. The van der Waals surface area contributed by atoms with Gasteiger partial charge < -0.3 is 19.3 Å². The van der Waals surface area contributed by atoms with E-state index in [9.17, 15) is 13.5 Å². The van der Waals surface area contributed by atoms with Crippen molar-refractivity contribution in [2.75, 3.05) is 18.9 Å². The fraction of sp³-hybridized carbons (Fsp3) is 0.222. The molecule has 0 amide bonds. The number of fused-ring (bicyclic) bond motifs is 6. The Hall–Kier alpha value is -5.64. The Morgan fingerprint density at radius 3 is 2.26 bits per heavy atom. The third kappa shape index (κ3) is 7.56. The summed E-state index contributed by atoms with van der Waals surface area (Å²) in [7, 11) is -0.355. The number of sulfonamides is 1. The Kier molecular flexibility index (Phi) is 10.7. The molecule has 8 nitrogen and oxygen atoms in total. The number of aromatic nitrogens is 1. The zero-order valence-corrected chi connectivity index (χ0v) is 31.6. The second-order valence-corrected chi connectivity index (χ2v) is 15.4. The lowest BCUT2D eigenvalue weighted by Crippen LogP contribution is -2.39. The molecule has 3 atom stereocenters. The first-order chi connectivity index (χ1) is 26.2. The van der Waals surface area contributed by atoms with Crippen LogP contribution in [0.1, 0.15) is 30.0 Å². The summed E-state index contributed by atoms with van der Waals surface area (Å²) >= 11 is 0. The molecule has 0 aliphatic heterocycles. The van der Waals surface area contributed by atoms with Crippen molar-refractivity contribution in [3.05, 3.63) is 144 Å². The van der Waals surface area contributed by atoms with Crippen LogP contribution in [0.4, 0.5) is 5.69 Å². The van der Waals surface area contributed by atoms with Gasteiger partial charge in [0.05, 0.1) is 30.6 Å². The van der Waals surface area contributed by atoms with Crippen LogP contribution >= 0.6 is 0 Å². The van der Waals surface area contributed by atoms with E-state index in [1.807, 2.05) is 48.8 Å².